The Morgan fingerprint density at radius 2 is 1.69 bits per heavy atom. The van der Waals surface area contributed by atoms with Crippen LogP contribution in [-0.4, -0.2) is 16.2 Å². The fourth-order valence-corrected chi connectivity index (χ4v) is 4.29. The first kappa shape index (κ1) is 22.1. The van der Waals surface area contributed by atoms with E-state index in [0.29, 0.717) is 5.92 Å². The van der Waals surface area contributed by atoms with Crippen LogP contribution >= 0.6 is 0 Å². The minimum absolute atomic E-state index is 0.465. The molecule has 0 aliphatic heterocycles. The molecule has 0 aliphatic carbocycles. The Balaban J connectivity index is 1.43. The highest BCUT2D eigenvalue weighted by Gasteiger charge is 2.12. The molecule has 4 rings (SSSR count). The van der Waals surface area contributed by atoms with E-state index in [1.807, 2.05) is 0 Å². The van der Waals surface area contributed by atoms with Crippen LogP contribution in [0.15, 0.2) is 66.7 Å². The molecule has 0 radical (unpaired) electrons. The fourth-order valence-electron chi connectivity index (χ4n) is 4.29. The van der Waals surface area contributed by atoms with Crippen molar-refractivity contribution in [2.45, 2.75) is 59.4 Å². The Kier molecular flexibility index (Phi) is 6.94. The molecule has 0 amide bonds. The number of para-hydroxylation sites is 2. The molecule has 32 heavy (non-hydrogen) atoms. The predicted molar refractivity (Wildman–Crippen MR) is 134 cm³/mol. The molecule has 1 heterocycles. The summed E-state index contributed by atoms with van der Waals surface area (Å²) in [6.45, 7) is 10.4. The molecule has 0 spiro atoms. The van der Waals surface area contributed by atoms with Gasteiger partial charge < -0.3 is 9.30 Å². The van der Waals surface area contributed by atoms with Gasteiger partial charge in [-0.15, -0.1) is 0 Å². The average molecular weight is 427 g/mol. The van der Waals surface area contributed by atoms with Gasteiger partial charge in [0.1, 0.15) is 11.6 Å². The third kappa shape index (κ3) is 5.04. The lowest BCUT2D eigenvalue weighted by Crippen LogP contribution is -2.08. The van der Waals surface area contributed by atoms with Crippen molar-refractivity contribution in [3.05, 3.63) is 94.8 Å². The molecular formula is C29H34N2O. The lowest BCUT2D eigenvalue weighted by atomic mass is 10.0. The van der Waals surface area contributed by atoms with E-state index in [2.05, 4.69) is 99.0 Å². The van der Waals surface area contributed by atoms with Crippen molar-refractivity contribution in [2.24, 2.45) is 0 Å². The van der Waals surface area contributed by atoms with Crippen LogP contribution in [0.25, 0.3) is 11.0 Å². The van der Waals surface area contributed by atoms with Gasteiger partial charge in [0.2, 0.25) is 0 Å². The van der Waals surface area contributed by atoms with Gasteiger partial charge in [-0.25, -0.2) is 4.98 Å². The van der Waals surface area contributed by atoms with Gasteiger partial charge >= 0.3 is 0 Å². The van der Waals surface area contributed by atoms with Gasteiger partial charge in [0.25, 0.3) is 0 Å². The van der Waals surface area contributed by atoms with Gasteiger partial charge in [-0.05, 0) is 73.1 Å². The van der Waals surface area contributed by atoms with Crippen molar-refractivity contribution in [3.8, 4) is 5.75 Å². The molecule has 3 heteroatoms. The Morgan fingerprint density at radius 1 is 0.906 bits per heavy atom. The zero-order chi connectivity index (χ0) is 22.5. The van der Waals surface area contributed by atoms with Crippen LogP contribution in [0, 0.1) is 13.8 Å². The monoisotopic (exact) mass is 426 g/mol. The van der Waals surface area contributed by atoms with Gasteiger partial charge in [-0.1, -0.05) is 62.4 Å². The quantitative estimate of drug-likeness (QED) is 0.264. The third-order valence-electron chi connectivity index (χ3n) is 6.17. The number of nitrogens with zero attached hydrogens (tertiary/aromatic N) is 2. The number of imidazole rings is 1. The maximum atomic E-state index is 6.20. The van der Waals surface area contributed by atoms with Crippen molar-refractivity contribution in [1.82, 2.24) is 9.55 Å². The van der Waals surface area contributed by atoms with E-state index < -0.39 is 0 Å². The smallest absolute Gasteiger partial charge is 0.122 e. The van der Waals surface area contributed by atoms with E-state index >= 15 is 0 Å². The second-order valence-corrected chi connectivity index (χ2v) is 9.02. The van der Waals surface area contributed by atoms with Crippen molar-refractivity contribution in [3.63, 3.8) is 0 Å². The number of hydrogen-bond acceptors (Lipinski definition) is 2. The number of rotatable bonds is 9. The number of benzene rings is 3. The van der Waals surface area contributed by atoms with E-state index in [1.165, 1.54) is 27.8 Å². The highest BCUT2D eigenvalue weighted by atomic mass is 16.5. The maximum absolute atomic E-state index is 6.20. The molecule has 0 unspecified atom stereocenters. The van der Waals surface area contributed by atoms with Gasteiger partial charge in [0.05, 0.1) is 17.6 Å². The van der Waals surface area contributed by atoms with Crippen LogP contribution in [-0.2, 0) is 13.0 Å². The summed E-state index contributed by atoms with van der Waals surface area (Å²) in [5.74, 6) is 2.64. The van der Waals surface area contributed by atoms with E-state index in [9.17, 15) is 0 Å². The molecule has 0 atom stereocenters. The average Bonchev–Trinajstić information content (AvgIpc) is 3.12. The van der Waals surface area contributed by atoms with Crippen LogP contribution in [0.3, 0.4) is 0 Å². The van der Waals surface area contributed by atoms with Crippen LogP contribution in [0.5, 0.6) is 5.75 Å². The Bertz CT molecular complexity index is 1190. The SMILES string of the molecule is Cc1ccc(C(C)C)c(OCCCCn2c(Cc3ccccc3C)nc3ccccc32)c1. The predicted octanol–water partition coefficient (Wildman–Crippen LogP) is 7.23. The minimum atomic E-state index is 0.465. The van der Waals surface area contributed by atoms with E-state index in [-0.39, 0.29) is 0 Å². The molecule has 0 N–H and O–H groups in total. The van der Waals surface area contributed by atoms with Crippen molar-refractivity contribution in [1.29, 1.82) is 0 Å². The van der Waals surface area contributed by atoms with E-state index in [4.69, 9.17) is 9.72 Å². The lowest BCUT2D eigenvalue weighted by Gasteiger charge is -2.15. The number of aromatic nitrogens is 2. The number of fused-ring (bicyclic) bond motifs is 1. The molecule has 0 aliphatic rings. The summed E-state index contributed by atoms with van der Waals surface area (Å²) in [7, 11) is 0. The lowest BCUT2D eigenvalue weighted by molar-refractivity contribution is 0.299. The van der Waals surface area contributed by atoms with Gasteiger partial charge in [0, 0.05) is 13.0 Å². The van der Waals surface area contributed by atoms with Crippen molar-refractivity contribution < 1.29 is 4.74 Å². The second-order valence-electron chi connectivity index (χ2n) is 9.02. The van der Waals surface area contributed by atoms with Crippen molar-refractivity contribution >= 4 is 11.0 Å². The topological polar surface area (TPSA) is 27.1 Å². The highest BCUT2D eigenvalue weighted by molar-refractivity contribution is 5.76. The molecule has 0 saturated heterocycles. The van der Waals surface area contributed by atoms with Gasteiger partial charge in [0.15, 0.2) is 0 Å². The standard InChI is InChI=1S/C29H34N2O/c1-21(2)25-16-15-22(3)19-28(25)32-18-10-9-17-31-27-14-8-7-13-26(27)30-29(31)20-24-12-6-5-11-23(24)4/h5-8,11-16,19,21H,9-10,17-18,20H2,1-4H3. The van der Waals surface area contributed by atoms with Crippen molar-refractivity contribution in [2.75, 3.05) is 6.61 Å². The Hall–Kier alpha value is -3.07. The Morgan fingerprint density at radius 3 is 2.50 bits per heavy atom. The molecule has 4 aromatic rings. The van der Waals surface area contributed by atoms with E-state index in [0.717, 1.165) is 49.5 Å². The summed E-state index contributed by atoms with van der Waals surface area (Å²) < 4.78 is 8.60. The normalized spacial score (nSPS) is 11.4. The zero-order valence-corrected chi connectivity index (χ0v) is 19.8. The zero-order valence-electron chi connectivity index (χ0n) is 19.8. The number of aryl methyl sites for hydroxylation is 3. The molecule has 0 bridgehead atoms. The summed E-state index contributed by atoms with van der Waals surface area (Å²) in [5, 5.41) is 0. The van der Waals surface area contributed by atoms with Gasteiger partial charge in [-0.3, -0.25) is 0 Å². The molecule has 166 valence electrons. The van der Waals surface area contributed by atoms with Crippen LogP contribution < -0.4 is 4.74 Å². The molecule has 0 fully saturated rings. The molecule has 0 saturated carbocycles. The molecule has 1 aromatic heterocycles. The Labute approximate surface area is 192 Å². The minimum Gasteiger partial charge on any atom is -0.493 e. The van der Waals surface area contributed by atoms with E-state index in [1.54, 1.807) is 0 Å². The van der Waals surface area contributed by atoms with Gasteiger partial charge in [-0.2, -0.15) is 0 Å². The molecular weight excluding hydrogens is 392 g/mol. The van der Waals surface area contributed by atoms with Crippen LogP contribution in [0.1, 0.15) is 60.7 Å². The number of hydrogen-bond donors (Lipinski definition) is 0. The summed E-state index contributed by atoms with van der Waals surface area (Å²) in [5.41, 5.74) is 7.49. The summed E-state index contributed by atoms with van der Waals surface area (Å²) in [6, 6.07) is 23.6. The first-order chi connectivity index (χ1) is 15.5. The fraction of sp³-hybridized carbons (Fsp3) is 0.345. The van der Waals surface area contributed by atoms with Crippen LogP contribution in [0.2, 0.25) is 0 Å². The number of unbranched alkanes of at least 4 members (excludes halogenated alkanes) is 1. The highest BCUT2D eigenvalue weighted by Crippen LogP contribution is 2.28. The largest absolute Gasteiger partial charge is 0.493 e. The third-order valence-corrected chi connectivity index (χ3v) is 6.17. The first-order valence-electron chi connectivity index (χ1n) is 11.7. The number of ether oxygens (including phenoxy) is 1. The maximum Gasteiger partial charge on any atom is 0.122 e. The molecule has 3 aromatic carbocycles. The summed E-state index contributed by atoms with van der Waals surface area (Å²) in [4.78, 5) is 4.97. The molecule has 3 nitrogen and oxygen atoms in total. The summed E-state index contributed by atoms with van der Waals surface area (Å²) >= 11 is 0. The van der Waals surface area contributed by atoms with Crippen LogP contribution in [0.4, 0.5) is 0 Å². The second kappa shape index (κ2) is 10.0. The summed E-state index contributed by atoms with van der Waals surface area (Å²) in [6.07, 6.45) is 2.94. The first-order valence-corrected chi connectivity index (χ1v) is 11.7.